The van der Waals surface area contributed by atoms with Crippen molar-refractivity contribution in [3.63, 3.8) is 0 Å². The van der Waals surface area contributed by atoms with E-state index in [4.69, 9.17) is 15.9 Å². The van der Waals surface area contributed by atoms with Gasteiger partial charge < -0.3 is 15.4 Å². The maximum atomic E-state index is 14.8. The molecule has 0 amide bonds. The number of piperazine rings is 1. The van der Waals surface area contributed by atoms with E-state index in [-0.39, 0.29) is 30.2 Å². The van der Waals surface area contributed by atoms with Crippen LogP contribution in [0.3, 0.4) is 0 Å². The Bertz CT molecular complexity index is 792. The normalized spacial score (nSPS) is 15.6. The number of ether oxygens (including phenoxy) is 1. The number of anilines is 1. The van der Waals surface area contributed by atoms with Crippen LogP contribution in [0.25, 0.3) is 0 Å². The average molecular weight is 400 g/mol. The van der Waals surface area contributed by atoms with E-state index in [1.54, 1.807) is 17.0 Å². The van der Waals surface area contributed by atoms with E-state index < -0.39 is 21.8 Å². The molecule has 0 spiro atoms. The van der Waals surface area contributed by atoms with Crippen molar-refractivity contribution >= 4 is 27.5 Å². The Morgan fingerprint density at radius 3 is 2.56 bits per heavy atom. The zero-order valence-corrected chi connectivity index (χ0v) is 16.1. The van der Waals surface area contributed by atoms with Gasteiger partial charge in [0.25, 0.3) is 0 Å². The molecule has 1 heterocycles. The van der Waals surface area contributed by atoms with Gasteiger partial charge in [0.15, 0.2) is 5.82 Å². The lowest BCUT2D eigenvalue weighted by atomic mass is 10.1. The lowest BCUT2D eigenvalue weighted by Gasteiger charge is -2.35. The molecule has 150 valence electrons. The molecule has 0 bridgehead atoms. The summed E-state index contributed by atoms with van der Waals surface area (Å²) in [7, 11) is -3.26. The van der Waals surface area contributed by atoms with Crippen LogP contribution in [-0.4, -0.2) is 56.5 Å². The molecule has 1 aliphatic rings. The minimum atomic E-state index is -3.26. The second kappa shape index (κ2) is 9.14. The Hall–Kier alpha value is -2.20. The minimum absolute atomic E-state index is 0.114. The number of carbonyl (C=O) groups excluding carboxylic acids is 1. The van der Waals surface area contributed by atoms with Crippen molar-refractivity contribution < 1.29 is 22.3 Å². The molecule has 1 saturated heterocycles. The number of rotatable bonds is 8. The Balaban J connectivity index is 2.02. The fourth-order valence-corrected chi connectivity index (χ4v) is 4.37. The lowest BCUT2D eigenvalue weighted by Crippen LogP contribution is -2.49. The largest absolute Gasteiger partial charge is 0.460 e. The zero-order chi connectivity index (χ0) is 20.0. The molecule has 0 aromatic heterocycles. The van der Waals surface area contributed by atoms with Crippen LogP contribution in [0.5, 0.6) is 0 Å². The SMILES string of the molecule is CCCS(=O)(=O)N1CCN(c2cccc(COC(=O)CC(=N)N)c2F)CC1. The molecule has 10 heteroatoms. The summed E-state index contributed by atoms with van der Waals surface area (Å²) in [5.74, 6) is -1.40. The smallest absolute Gasteiger partial charge is 0.313 e. The van der Waals surface area contributed by atoms with Crippen molar-refractivity contribution in [2.75, 3.05) is 36.8 Å². The average Bonchev–Trinajstić information content (AvgIpc) is 2.60. The summed E-state index contributed by atoms with van der Waals surface area (Å²) in [6, 6.07) is 4.79. The molecule has 2 rings (SSSR count). The van der Waals surface area contributed by atoms with Crippen molar-refractivity contribution in [1.29, 1.82) is 5.41 Å². The van der Waals surface area contributed by atoms with Gasteiger partial charge in [0.2, 0.25) is 10.0 Å². The quantitative estimate of drug-likeness (QED) is 0.383. The maximum Gasteiger partial charge on any atom is 0.313 e. The molecule has 0 saturated carbocycles. The van der Waals surface area contributed by atoms with Gasteiger partial charge in [0.1, 0.15) is 18.9 Å². The van der Waals surface area contributed by atoms with E-state index >= 15 is 0 Å². The summed E-state index contributed by atoms with van der Waals surface area (Å²) >= 11 is 0. The number of nitrogens with one attached hydrogen (secondary N) is 1. The summed E-state index contributed by atoms with van der Waals surface area (Å²) in [5, 5.41) is 7.05. The van der Waals surface area contributed by atoms with Gasteiger partial charge in [0.05, 0.1) is 11.4 Å². The van der Waals surface area contributed by atoms with Crippen LogP contribution >= 0.6 is 0 Å². The molecule has 3 N–H and O–H groups in total. The van der Waals surface area contributed by atoms with Gasteiger partial charge >= 0.3 is 5.97 Å². The van der Waals surface area contributed by atoms with E-state index in [9.17, 15) is 17.6 Å². The first-order valence-electron chi connectivity index (χ1n) is 8.73. The second-order valence-corrected chi connectivity index (χ2v) is 8.40. The number of nitrogens with zero attached hydrogens (tertiary/aromatic N) is 2. The van der Waals surface area contributed by atoms with E-state index in [1.165, 1.54) is 10.4 Å². The number of hydrogen-bond acceptors (Lipinski definition) is 6. The van der Waals surface area contributed by atoms with Crippen molar-refractivity contribution in [2.45, 2.75) is 26.4 Å². The molecule has 1 aromatic carbocycles. The van der Waals surface area contributed by atoms with E-state index in [0.717, 1.165) is 0 Å². The fourth-order valence-electron chi connectivity index (χ4n) is 2.88. The molecular formula is C17H25FN4O4S. The second-order valence-electron chi connectivity index (χ2n) is 6.32. The van der Waals surface area contributed by atoms with Crippen LogP contribution in [0.4, 0.5) is 10.1 Å². The molecular weight excluding hydrogens is 375 g/mol. The van der Waals surface area contributed by atoms with Crippen LogP contribution in [0.15, 0.2) is 18.2 Å². The molecule has 0 aliphatic carbocycles. The Kier molecular flexibility index (Phi) is 7.14. The van der Waals surface area contributed by atoms with Gasteiger partial charge in [0, 0.05) is 31.7 Å². The third kappa shape index (κ3) is 5.64. The molecule has 1 aliphatic heterocycles. The Labute approximate surface area is 158 Å². The van der Waals surface area contributed by atoms with Crippen molar-refractivity contribution in [3.05, 3.63) is 29.6 Å². The zero-order valence-electron chi connectivity index (χ0n) is 15.3. The molecule has 27 heavy (non-hydrogen) atoms. The molecule has 0 unspecified atom stereocenters. The number of hydrogen-bond donors (Lipinski definition) is 2. The summed E-state index contributed by atoms with van der Waals surface area (Å²) in [6.45, 7) is 2.94. The van der Waals surface area contributed by atoms with Gasteiger partial charge in [-0.3, -0.25) is 10.2 Å². The van der Waals surface area contributed by atoms with Crippen LogP contribution in [0, 0.1) is 11.2 Å². The minimum Gasteiger partial charge on any atom is -0.460 e. The molecule has 1 fully saturated rings. The number of benzene rings is 1. The van der Waals surface area contributed by atoms with E-state index in [1.807, 2.05) is 6.92 Å². The Morgan fingerprint density at radius 2 is 1.96 bits per heavy atom. The first-order chi connectivity index (χ1) is 12.7. The topological polar surface area (TPSA) is 117 Å². The molecule has 0 atom stereocenters. The number of nitrogens with two attached hydrogens (primary N) is 1. The molecule has 0 radical (unpaired) electrons. The number of sulfonamides is 1. The third-order valence-electron chi connectivity index (χ3n) is 4.22. The summed E-state index contributed by atoms with van der Waals surface area (Å²) in [5.41, 5.74) is 5.69. The van der Waals surface area contributed by atoms with Gasteiger partial charge in [-0.1, -0.05) is 19.1 Å². The lowest BCUT2D eigenvalue weighted by molar-refractivity contribution is -0.143. The van der Waals surface area contributed by atoms with Crippen LogP contribution < -0.4 is 10.6 Å². The summed E-state index contributed by atoms with van der Waals surface area (Å²) < 4.78 is 45.4. The van der Waals surface area contributed by atoms with Crippen LogP contribution in [0.1, 0.15) is 25.3 Å². The van der Waals surface area contributed by atoms with Gasteiger partial charge in [-0.25, -0.2) is 12.8 Å². The fraction of sp³-hybridized carbons (Fsp3) is 0.529. The van der Waals surface area contributed by atoms with E-state index in [2.05, 4.69) is 0 Å². The molecule has 8 nitrogen and oxygen atoms in total. The highest BCUT2D eigenvalue weighted by Gasteiger charge is 2.27. The number of halogens is 1. The monoisotopic (exact) mass is 400 g/mol. The Morgan fingerprint density at radius 1 is 1.30 bits per heavy atom. The van der Waals surface area contributed by atoms with Crippen LogP contribution in [0.2, 0.25) is 0 Å². The van der Waals surface area contributed by atoms with Crippen molar-refractivity contribution in [2.24, 2.45) is 5.73 Å². The maximum absolute atomic E-state index is 14.8. The van der Waals surface area contributed by atoms with Crippen molar-refractivity contribution in [3.8, 4) is 0 Å². The van der Waals surface area contributed by atoms with Gasteiger partial charge in [-0.2, -0.15) is 4.31 Å². The van der Waals surface area contributed by atoms with Gasteiger partial charge in [-0.05, 0) is 12.5 Å². The molecule has 1 aromatic rings. The van der Waals surface area contributed by atoms with E-state index in [0.29, 0.717) is 38.3 Å². The van der Waals surface area contributed by atoms with Gasteiger partial charge in [-0.15, -0.1) is 0 Å². The number of esters is 1. The first-order valence-corrected chi connectivity index (χ1v) is 10.3. The predicted molar refractivity (Wildman–Crippen MR) is 101 cm³/mol. The highest BCUT2D eigenvalue weighted by atomic mass is 32.2. The third-order valence-corrected chi connectivity index (χ3v) is 6.29. The standard InChI is InChI=1S/C17H25FN4O4S/c1-2-10-27(24,25)22-8-6-21(7-9-22)14-5-3-4-13(17(14)18)12-26-16(23)11-15(19)20/h3-5H,2,6-12H2,1H3,(H3,19,20). The number of carbonyl (C=O) groups is 1. The number of amidine groups is 1. The van der Waals surface area contributed by atoms with Crippen LogP contribution in [-0.2, 0) is 26.2 Å². The highest BCUT2D eigenvalue weighted by Crippen LogP contribution is 2.25. The highest BCUT2D eigenvalue weighted by molar-refractivity contribution is 7.89. The summed E-state index contributed by atoms with van der Waals surface area (Å²) in [4.78, 5) is 13.3. The summed E-state index contributed by atoms with van der Waals surface area (Å²) in [6.07, 6.45) is 0.219. The van der Waals surface area contributed by atoms with Crippen molar-refractivity contribution in [1.82, 2.24) is 4.31 Å². The predicted octanol–water partition coefficient (Wildman–Crippen LogP) is 1.06. The first kappa shape index (κ1) is 21.1.